The van der Waals surface area contributed by atoms with Gasteiger partial charge in [0.2, 0.25) is 0 Å². The van der Waals surface area contributed by atoms with Crippen LogP contribution in [-0.2, 0) is 15.1 Å². The molecule has 0 bridgehead atoms. The van der Waals surface area contributed by atoms with Crippen LogP contribution >= 0.6 is 0 Å². The Hall–Kier alpha value is -3.82. The lowest BCUT2D eigenvalue weighted by Crippen LogP contribution is -2.45. The van der Waals surface area contributed by atoms with Gasteiger partial charge in [0.05, 0.1) is 6.61 Å². The summed E-state index contributed by atoms with van der Waals surface area (Å²) in [5, 5.41) is 21.6. The summed E-state index contributed by atoms with van der Waals surface area (Å²) in [5.41, 5.74) is -0.0180. The first-order valence-corrected chi connectivity index (χ1v) is 11.6. The number of aliphatic hydroxyl groups excluding tert-OH is 2. The van der Waals surface area contributed by atoms with E-state index in [0.717, 1.165) is 21.3 Å². The summed E-state index contributed by atoms with van der Waals surface area (Å²) in [4.78, 5) is 26.1. The molecule has 1 aliphatic rings. The largest absolute Gasteiger partial charge is 0.394 e. The molecule has 0 spiro atoms. The standard InChI is InChI=1S/C28H26N2O6/c31-18-22-25(24(33)26(35-22)30-17-16-23(32)29-27(30)34)36-28(19-10-4-1-5-11-19,20-12-6-2-7-13-20)21-14-8-3-9-15-21/h1-17,22,24-26,31,33H,18H2,(H,29,32,34)/t22-,24-,25-,26-/m1/s1. The van der Waals surface area contributed by atoms with Crippen molar-refractivity contribution in [1.29, 1.82) is 0 Å². The number of H-pyrrole nitrogens is 1. The molecule has 4 atom stereocenters. The highest BCUT2D eigenvalue weighted by atomic mass is 16.6. The van der Waals surface area contributed by atoms with Crippen molar-refractivity contribution in [2.24, 2.45) is 0 Å². The molecule has 5 rings (SSSR count). The van der Waals surface area contributed by atoms with Crippen molar-refractivity contribution >= 4 is 0 Å². The third-order valence-electron chi connectivity index (χ3n) is 6.47. The van der Waals surface area contributed by atoms with Crippen LogP contribution < -0.4 is 11.2 Å². The predicted octanol–water partition coefficient (Wildman–Crippen LogP) is 2.16. The summed E-state index contributed by atoms with van der Waals surface area (Å²) in [5.74, 6) is 0. The quantitative estimate of drug-likeness (QED) is 0.345. The zero-order valence-corrected chi connectivity index (χ0v) is 19.3. The van der Waals surface area contributed by atoms with E-state index in [9.17, 15) is 19.8 Å². The molecule has 8 heteroatoms. The number of ether oxygens (including phenoxy) is 2. The summed E-state index contributed by atoms with van der Waals surface area (Å²) in [7, 11) is 0. The summed E-state index contributed by atoms with van der Waals surface area (Å²) in [6.45, 7) is -0.454. The molecular formula is C28H26N2O6. The van der Waals surface area contributed by atoms with Crippen LogP contribution in [0.1, 0.15) is 22.9 Å². The van der Waals surface area contributed by atoms with Gasteiger partial charge in [-0.1, -0.05) is 91.0 Å². The second kappa shape index (κ2) is 10.0. The highest BCUT2D eigenvalue weighted by Gasteiger charge is 2.51. The van der Waals surface area contributed by atoms with E-state index in [-0.39, 0.29) is 0 Å². The second-order valence-corrected chi connectivity index (χ2v) is 8.62. The van der Waals surface area contributed by atoms with Crippen molar-refractivity contribution in [2.45, 2.75) is 30.1 Å². The molecule has 0 saturated carbocycles. The molecule has 0 amide bonds. The lowest BCUT2D eigenvalue weighted by Gasteiger charge is -2.39. The van der Waals surface area contributed by atoms with E-state index in [4.69, 9.17) is 9.47 Å². The molecule has 8 nitrogen and oxygen atoms in total. The van der Waals surface area contributed by atoms with Crippen LogP contribution in [0.4, 0.5) is 0 Å². The summed E-state index contributed by atoms with van der Waals surface area (Å²) in [6, 6.07) is 30.0. The number of aromatic amines is 1. The number of nitrogens with zero attached hydrogens (tertiary/aromatic N) is 1. The second-order valence-electron chi connectivity index (χ2n) is 8.62. The maximum absolute atomic E-state index is 12.4. The van der Waals surface area contributed by atoms with Crippen molar-refractivity contribution < 1.29 is 19.7 Å². The SMILES string of the molecule is O=c1ccn([C@@H]2O[C@H](CO)[C@@H](OC(c3ccccc3)(c3ccccc3)c3ccccc3)[C@H]2O)c(=O)[nH]1. The Labute approximate surface area is 207 Å². The van der Waals surface area contributed by atoms with Crippen molar-refractivity contribution in [3.63, 3.8) is 0 Å². The number of nitrogens with one attached hydrogen (secondary N) is 1. The summed E-state index contributed by atoms with van der Waals surface area (Å²) in [6.07, 6.45) is -3.22. The minimum atomic E-state index is -1.33. The van der Waals surface area contributed by atoms with Crippen LogP contribution in [0.5, 0.6) is 0 Å². The fourth-order valence-corrected chi connectivity index (χ4v) is 4.80. The van der Waals surface area contributed by atoms with Crippen LogP contribution in [0.2, 0.25) is 0 Å². The number of aromatic nitrogens is 2. The molecule has 1 saturated heterocycles. The Morgan fingerprint density at radius 1 is 0.833 bits per heavy atom. The third kappa shape index (κ3) is 4.20. The number of aliphatic hydroxyl groups is 2. The minimum Gasteiger partial charge on any atom is -0.394 e. The van der Waals surface area contributed by atoms with Crippen LogP contribution in [0, 0.1) is 0 Å². The van der Waals surface area contributed by atoms with Gasteiger partial charge in [0, 0.05) is 12.3 Å². The number of rotatable bonds is 7. The topological polar surface area (TPSA) is 114 Å². The Morgan fingerprint density at radius 2 is 1.33 bits per heavy atom. The van der Waals surface area contributed by atoms with Crippen LogP contribution in [0.15, 0.2) is 113 Å². The van der Waals surface area contributed by atoms with E-state index in [2.05, 4.69) is 4.98 Å². The molecule has 1 aliphatic heterocycles. The van der Waals surface area contributed by atoms with Gasteiger partial charge in [-0.15, -0.1) is 0 Å². The maximum Gasteiger partial charge on any atom is 0.330 e. The van der Waals surface area contributed by atoms with E-state index >= 15 is 0 Å². The molecule has 36 heavy (non-hydrogen) atoms. The van der Waals surface area contributed by atoms with Gasteiger partial charge in [0.25, 0.3) is 5.56 Å². The van der Waals surface area contributed by atoms with Gasteiger partial charge in [-0.2, -0.15) is 0 Å². The maximum atomic E-state index is 12.4. The number of hydrogen-bond acceptors (Lipinski definition) is 6. The molecule has 0 aliphatic carbocycles. The van der Waals surface area contributed by atoms with Gasteiger partial charge >= 0.3 is 5.69 Å². The first kappa shape index (κ1) is 23.9. The molecule has 3 aromatic carbocycles. The molecule has 0 unspecified atom stereocenters. The Balaban J connectivity index is 1.66. The molecule has 0 radical (unpaired) electrons. The normalized spacial score (nSPS) is 21.9. The molecular weight excluding hydrogens is 460 g/mol. The van der Waals surface area contributed by atoms with Crippen molar-refractivity contribution in [2.75, 3.05) is 6.61 Å². The fourth-order valence-electron chi connectivity index (χ4n) is 4.80. The van der Waals surface area contributed by atoms with Crippen molar-refractivity contribution in [1.82, 2.24) is 9.55 Å². The van der Waals surface area contributed by atoms with Crippen LogP contribution in [0.25, 0.3) is 0 Å². The molecule has 4 aromatic rings. The highest BCUT2D eigenvalue weighted by Crippen LogP contribution is 2.44. The van der Waals surface area contributed by atoms with Crippen LogP contribution in [0.3, 0.4) is 0 Å². The number of benzene rings is 3. The Bertz CT molecular complexity index is 1310. The van der Waals surface area contributed by atoms with E-state index < -0.39 is 48.0 Å². The first-order chi connectivity index (χ1) is 17.5. The van der Waals surface area contributed by atoms with Crippen molar-refractivity contribution in [3.05, 3.63) is 141 Å². The predicted molar refractivity (Wildman–Crippen MR) is 132 cm³/mol. The van der Waals surface area contributed by atoms with E-state index in [1.54, 1.807) is 0 Å². The monoisotopic (exact) mass is 486 g/mol. The van der Waals surface area contributed by atoms with E-state index in [0.29, 0.717) is 0 Å². The van der Waals surface area contributed by atoms with Gasteiger partial charge in [-0.25, -0.2) is 4.79 Å². The molecule has 3 N–H and O–H groups in total. The lowest BCUT2D eigenvalue weighted by molar-refractivity contribution is -0.112. The molecule has 184 valence electrons. The Kier molecular flexibility index (Phi) is 6.67. The highest BCUT2D eigenvalue weighted by molar-refractivity contribution is 5.47. The Morgan fingerprint density at radius 3 is 1.78 bits per heavy atom. The smallest absolute Gasteiger partial charge is 0.330 e. The molecule has 1 aromatic heterocycles. The van der Waals surface area contributed by atoms with Crippen molar-refractivity contribution in [3.8, 4) is 0 Å². The van der Waals surface area contributed by atoms with Crippen LogP contribution in [-0.4, -0.2) is 44.7 Å². The van der Waals surface area contributed by atoms with Gasteiger partial charge < -0.3 is 19.7 Å². The minimum absolute atomic E-state index is 0.454. The van der Waals surface area contributed by atoms with Gasteiger partial charge in [0.15, 0.2) is 6.23 Å². The molecule has 1 fully saturated rings. The average Bonchev–Trinajstić information content (AvgIpc) is 3.23. The number of hydrogen-bond donors (Lipinski definition) is 3. The van der Waals surface area contributed by atoms with Gasteiger partial charge in [0.1, 0.15) is 23.9 Å². The van der Waals surface area contributed by atoms with E-state index in [1.165, 1.54) is 12.3 Å². The summed E-state index contributed by atoms with van der Waals surface area (Å²) < 4.78 is 13.9. The lowest BCUT2D eigenvalue weighted by atomic mass is 9.79. The zero-order valence-electron chi connectivity index (χ0n) is 19.3. The fraction of sp³-hybridized carbons (Fsp3) is 0.214. The van der Waals surface area contributed by atoms with Gasteiger partial charge in [-0.3, -0.25) is 14.3 Å². The van der Waals surface area contributed by atoms with E-state index in [1.807, 2.05) is 91.0 Å². The molecule has 2 heterocycles. The first-order valence-electron chi connectivity index (χ1n) is 11.6. The van der Waals surface area contributed by atoms with Gasteiger partial charge in [-0.05, 0) is 16.7 Å². The zero-order chi connectivity index (χ0) is 25.1. The average molecular weight is 487 g/mol. The third-order valence-corrected chi connectivity index (χ3v) is 6.47. The summed E-state index contributed by atoms with van der Waals surface area (Å²) >= 11 is 0.